The van der Waals surface area contributed by atoms with E-state index >= 15 is 0 Å². The number of hydrogen-bond acceptors (Lipinski definition) is 5. The van der Waals surface area contributed by atoms with E-state index in [9.17, 15) is 9.59 Å². The van der Waals surface area contributed by atoms with Crippen LogP contribution < -0.4 is 15.1 Å². The minimum absolute atomic E-state index is 0.0246. The van der Waals surface area contributed by atoms with Crippen molar-refractivity contribution in [2.24, 2.45) is 0 Å². The third-order valence-corrected chi connectivity index (χ3v) is 5.16. The summed E-state index contributed by atoms with van der Waals surface area (Å²) in [5, 5.41) is 10.8. The molecular weight excluding hydrogens is 420 g/mol. The van der Waals surface area contributed by atoms with Crippen LogP contribution in [0.1, 0.15) is 15.9 Å². The van der Waals surface area contributed by atoms with E-state index in [1.54, 1.807) is 55.0 Å². The average Bonchev–Trinajstić information content (AvgIpc) is 3.40. The summed E-state index contributed by atoms with van der Waals surface area (Å²) in [6, 6.07) is 23.5. The Bertz CT molecular complexity index is 1290. The van der Waals surface area contributed by atoms with Gasteiger partial charge in [-0.3, -0.25) is 19.7 Å². The van der Waals surface area contributed by atoms with Gasteiger partial charge in [-0.2, -0.15) is 0 Å². The first kappa shape index (κ1) is 21.9. The molecule has 33 heavy (non-hydrogen) atoms. The largest absolute Gasteiger partial charge is 0.488 e. The molecule has 0 bridgehead atoms. The Balaban J connectivity index is 1.64. The molecule has 4 rings (SSSR count). The molecule has 0 radical (unpaired) electrons. The Labute approximate surface area is 190 Å². The number of furan rings is 1. The number of fused-ring (bicyclic) bond motifs is 1. The van der Waals surface area contributed by atoms with Crippen LogP contribution >= 0.6 is 0 Å². The summed E-state index contributed by atoms with van der Waals surface area (Å²) in [4.78, 5) is 26.3. The number of hydrogen-bond donors (Lipinski definition) is 2. The Morgan fingerprint density at radius 3 is 2.48 bits per heavy atom. The van der Waals surface area contributed by atoms with Crippen molar-refractivity contribution in [2.45, 2.75) is 0 Å². The van der Waals surface area contributed by atoms with E-state index < -0.39 is 5.91 Å². The molecule has 7 heteroatoms. The SMILES string of the molecule is CN(C(=O)/C(=C/c1ccc(C(=O)NO)cc1)COc1cccc2ccccc12)c1ccco1. The molecule has 0 aliphatic carbocycles. The zero-order valence-corrected chi connectivity index (χ0v) is 17.9. The highest BCUT2D eigenvalue weighted by atomic mass is 16.5. The molecule has 0 atom stereocenters. The minimum Gasteiger partial charge on any atom is -0.488 e. The van der Waals surface area contributed by atoms with Crippen LogP contribution in [0.2, 0.25) is 0 Å². The molecule has 2 amide bonds. The van der Waals surface area contributed by atoms with Gasteiger partial charge in [0, 0.05) is 24.1 Å². The van der Waals surface area contributed by atoms with Crippen LogP contribution in [0, 0.1) is 0 Å². The van der Waals surface area contributed by atoms with Crippen LogP contribution in [0.4, 0.5) is 5.88 Å². The van der Waals surface area contributed by atoms with Gasteiger partial charge in [-0.25, -0.2) is 5.48 Å². The van der Waals surface area contributed by atoms with E-state index in [2.05, 4.69) is 0 Å². The molecule has 1 aromatic heterocycles. The van der Waals surface area contributed by atoms with E-state index in [0.29, 0.717) is 28.3 Å². The number of hydroxylamine groups is 1. The number of nitrogens with zero attached hydrogens (tertiary/aromatic N) is 1. The van der Waals surface area contributed by atoms with Gasteiger partial charge in [0.15, 0.2) is 0 Å². The van der Waals surface area contributed by atoms with Gasteiger partial charge in [-0.05, 0) is 41.3 Å². The van der Waals surface area contributed by atoms with Crippen molar-refractivity contribution in [3.05, 3.63) is 102 Å². The van der Waals surface area contributed by atoms with Crippen LogP contribution in [0.15, 0.2) is 95.1 Å². The lowest BCUT2D eigenvalue weighted by molar-refractivity contribution is -0.115. The van der Waals surface area contributed by atoms with Gasteiger partial charge in [0.25, 0.3) is 11.8 Å². The van der Waals surface area contributed by atoms with Crippen molar-refractivity contribution >= 4 is 34.5 Å². The molecule has 166 valence electrons. The lowest BCUT2D eigenvalue weighted by Gasteiger charge is -2.17. The second-order valence-corrected chi connectivity index (χ2v) is 7.31. The Kier molecular flexibility index (Phi) is 6.52. The van der Waals surface area contributed by atoms with Crippen molar-refractivity contribution in [2.75, 3.05) is 18.6 Å². The van der Waals surface area contributed by atoms with Crippen LogP contribution in [0.5, 0.6) is 5.75 Å². The van der Waals surface area contributed by atoms with Crippen LogP contribution in [0.25, 0.3) is 16.8 Å². The lowest BCUT2D eigenvalue weighted by atomic mass is 10.1. The fourth-order valence-corrected chi connectivity index (χ4v) is 3.41. The number of amides is 2. The molecular formula is C26H22N2O5. The van der Waals surface area contributed by atoms with Gasteiger partial charge in [0.05, 0.1) is 11.8 Å². The molecule has 0 fully saturated rings. The topological polar surface area (TPSA) is 92.0 Å². The van der Waals surface area contributed by atoms with Crippen molar-refractivity contribution in [3.63, 3.8) is 0 Å². The maximum Gasteiger partial charge on any atom is 0.274 e. The lowest BCUT2D eigenvalue weighted by Crippen LogP contribution is -2.29. The van der Waals surface area contributed by atoms with Gasteiger partial charge in [-0.15, -0.1) is 0 Å². The number of nitrogens with one attached hydrogen (secondary N) is 1. The van der Waals surface area contributed by atoms with Gasteiger partial charge in [-0.1, -0.05) is 48.5 Å². The molecule has 0 unspecified atom stereocenters. The Morgan fingerprint density at radius 1 is 1.00 bits per heavy atom. The molecule has 0 saturated carbocycles. The molecule has 0 aliphatic rings. The third-order valence-electron chi connectivity index (χ3n) is 5.16. The predicted molar refractivity (Wildman–Crippen MR) is 125 cm³/mol. The standard InChI is InChI=1S/C26H22N2O5/c1-28(24-10-5-15-32-24)26(30)21(16-18-11-13-20(14-12-18)25(29)27-31)17-33-23-9-4-7-19-6-2-3-8-22(19)23/h2-16,31H,17H2,1H3,(H,27,29)/b21-16+. The van der Waals surface area contributed by atoms with Gasteiger partial charge < -0.3 is 9.15 Å². The zero-order chi connectivity index (χ0) is 23.2. The van der Waals surface area contributed by atoms with E-state index in [0.717, 1.165) is 10.8 Å². The molecule has 7 nitrogen and oxygen atoms in total. The zero-order valence-electron chi connectivity index (χ0n) is 17.9. The predicted octanol–water partition coefficient (Wildman–Crippen LogP) is 4.68. The molecule has 4 aromatic rings. The van der Waals surface area contributed by atoms with E-state index in [1.165, 1.54) is 11.2 Å². The van der Waals surface area contributed by atoms with Gasteiger partial charge in [0.2, 0.25) is 5.88 Å². The van der Waals surface area contributed by atoms with Crippen LogP contribution in [-0.4, -0.2) is 30.7 Å². The Hall–Kier alpha value is -4.36. The summed E-state index contributed by atoms with van der Waals surface area (Å²) < 4.78 is 11.4. The van der Waals surface area contributed by atoms with Crippen LogP contribution in [-0.2, 0) is 4.79 Å². The second kappa shape index (κ2) is 9.84. The van der Waals surface area contributed by atoms with E-state index in [4.69, 9.17) is 14.4 Å². The smallest absolute Gasteiger partial charge is 0.274 e. The highest BCUT2D eigenvalue weighted by molar-refractivity contribution is 6.07. The summed E-state index contributed by atoms with van der Waals surface area (Å²) in [7, 11) is 1.63. The second-order valence-electron chi connectivity index (χ2n) is 7.31. The summed E-state index contributed by atoms with van der Waals surface area (Å²) in [5.41, 5.74) is 2.98. The summed E-state index contributed by atoms with van der Waals surface area (Å²) in [6.45, 7) is 0.0246. The molecule has 3 aromatic carbocycles. The van der Waals surface area contributed by atoms with E-state index in [1.807, 2.05) is 42.5 Å². The first-order chi connectivity index (χ1) is 16.1. The molecule has 1 heterocycles. The highest BCUT2D eigenvalue weighted by Crippen LogP contribution is 2.26. The van der Waals surface area contributed by atoms with Crippen molar-refractivity contribution in [1.82, 2.24) is 5.48 Å². The van der Waals surface area contributed by atoms with Gasteiger partial charge >= 0.3 is 0 Å². The van der Waals surface area contributed by atoms with Crippen molar-refractivity contribution < 1.29 is 24.0 Å². The average molecular weight is 442 g/mol. The summed E-state index contributed by atoms with van der Waals surface area (Å²) >= 11 is 0. The number of ether oxygens (including phenoxy) is 1. The Morgan fingerprint density at radius 2 is 1.76 bits per heavy atom. The van der Waals surface area contributed by atoms with Crippen molar-refractivity contribution in [1.29, 1.82) is 0 Å². The molecule has 0 spiro atoms. The monoisotopic (exact) mass is 442 g/mol. The number of anilines is 1. The molecule has 0 aliphatic heterocycles. The first-order valence-electron chi connectivity index (χ1n) is 10.2. The fourth-order valence-electron chi connectivity index (χ4n) is 3.41. The molecule has 2 N–H and O–H groups in total. The number of carbonyl (C=O) groups is 2. The summed E-state index contributed by atoms with van der Waals surface area (Å²) in [5.74, 6) is 0.175. The number of carbonyl (C=O) groups excluding carboxylic acids is 2. The molecule has 0 saturated heterocycles. The maximum atomic E-state index is 13.3. The normalized spacial score (nSPS) is 11.3. The highest BCUT2D eigenvalue weighted by Gasteiger charge is 2.19. The minimum atomic E-state index is -0.612. The third kappa shape index (κ3) is 4.94. The number of rotatable bonds is 7. The fraction of sp³-hybridized carbons (Fsp3) is 0.0769. The summed E-state index contributed by atoms with van der Waals surface area (Å²) in [6.07, 6.45) is 3.20. The first-order valence-corrected chi connectivity index (χ1v) is 10.2. The number of likely N-dealkylation sites (N-methyl/N-ethyl adjacent to an activating group) is 1. The van der Waals surface area contributed by atoms with Crippen molar-refractivity contribution in [3.8, 4) is 5.75 Å². The van der Waals surface area contributed by atoms with E-state index in [-0.39, 0.29) is 12.5 Å². The van der Waals surface area contributed by atoms with Crippen LogP contribution in [0.3, 0.4) is 0 Å². The number of benzene rings is 3. The van der Waals surface area contributed by atoms with Gasteiger partial charge in [0.1, 0.15) is 12.4 Å². The maximum absolute atomic E-state index is 13.3. The quantitative estimate of drug-likeness (QED) is 0.246.